The van der Waals surface area contributed by atoms with Gasteiger partial charge in [-0.15, -0.1) is 0 Å². The molecule has 1 saturated heterocycles. The Hall–Kier alpha value is -1.74. The van der Waals surface area contributed by atoms with Gasteiger partial charge in [0.25, 0.3) is 0 Å². The van der Waals surface area contributed by atoms with Gasteiger partial charge in [0.15, 0.2) is 0 Å². The molecule has 0 bridgehead atoms. The van der Waals surface area contributed by atoms with Crippen LogP contribution < -0.4 is 4.90 Å². The summed E-state index contributed by atoms with van der Waals surface area (Å²) in [4.78, 5) is 3.50. The molecule has 0 saturated carbocycles. The van der Waals surface area contributed by atoms with E-state index in [1.54, 1.807) is 12.1 Å². The lowest BCUT2D eigenvalue weighted by molar-refractivity contribution is -0.146. The molecule has 0 aliphatic carbocycles. The summed E-state index contributed by atoms with van der Waals surface area (Å²) in [6.45, 7) is 3.02. The molecule has 20 heavy (non-hydrogen) atoms. The van der Waals surface area contributed by atoms with E-state index in [1.165, 1.54) is 4.90 Å². The fraction of sp³-hybridized carbons (Fsp3) is 0.500. The van der Waals surface area contributed by atoms with Gasteiger partial charge in [-0.25, -0.2) is 0 Å². The predicted octanol–water partition coefficient (Wildman–Crippen LogP) is 2.55. The van der Waals surface area contributed by atoms with Gasteiger partial charge in [0, 0.05) is 31.9 Å². The summed E-state index contributed by atoms with van der Waals surface area (Å²) in [5.41, 5.74) is 2.57. The van der Waals surface area contributed by atoms with Crippen molar-refractivity contribution < 1.29 is 13.2 Å². The van der Waals surface area contributed by atoms with Gasteiger partial charge in [-0.05, 0) is 30.7 Å². The van der Waals surface area contributed by atoms with Gasteiger partial charge in [0.2, 0.25) is 0 Å². The van der Waals surface area contributed by atoms with Gasteiger partial charge in [0.1, 0.15) is 0 Å². The molecule has 0 atom stereocenters. The lowest BCUT2D eigenvalue weighted by atomic mass is 10.1. The van der Waals surface area contributed by atoms with Gasteiger partial charge in [0.05, 0.1) is 18.2 Å². The smallest absolute Gasteiger partial charge is 0.369 e. The molecule has 3 nitrogen and oxygen atoms in total. The van der Waals surface area contributed by atoms with Crippen LogP contribution in [0.2, 0.25) is 0 Å². The Morgan fingerprint density at radius 2 is 1.85 bits per heavy atom. The summed E-state index contributed by atoms with van der Waals surface area (Å²) in [6, 6.07) is 7.49. The normalized spacial score (nSPS) is 17.1. The highest BCUT2D eigenvalue weighted by atomic mass is 19.4. The summed E-state index contributed by atoms with van der Waals surface area (Å²) in [5.74, 6) is 0. The van der Waals surface area contributed by atoms with E-state index in [0.717, 1.165) is 11.3 Å². The van der Waals surface area contributed by atoms with Gasteiger partial charge in [-0.2, -0.15) is 18.4 Å². The molecule has 1 aromatic carbocycles. The van der Waals surface area contributed by atoms with Gasteiger partial charge >= 0.3 is 6.18 Å². The fourth-order valence-corrected chi connectivity index (χ4v) is 2.48. The molecule has 1 heterocycles. The highest BCUT2D eigenvalue weighted by Crippen LogP contribution is 2.24. The Kier molecular flexibility index (Phi) is 4.19. The van der Waals surface area contributed by atoms with Crippen LogP contribution in [-0.2, 0) is 0 Å². The Morgan fingerprint density at radius 3 is 2.35 bits per heavy atom. The van der Waals surface area contributed by atoms with Crippen LogP contribution in [0.15, 0.2) is 18.2 Å². The molecule has 0 spiro atoms. The SMILES string of the molecule is Cc1cc(C#N)ccc1N1CCN(CC(F)(F)F)CC1. The first-order chi connectivity index (χ1) is 9.39. The maximum Gasteiger partial charge on any atom is 0.401 e. The van der Waals surface area contributed by atoms with Crippen molar-refractivity contribution in [2.24, 2.45) is 0 Å². The van der Waals surface area contributed by atoms with Crippen molar-refractivity contribution in [1.82, 2.24) is 4.90 Å². The lowest BCUT2D eigenvalue weighted by Gasteiger charge is -2.37. The van der Waals surface area contributed by atoms with Gasteiger partial charge in [-0.3, -0.25) is 4.90 Å². The van der Waals surface area contributed by atoms with Crippen LogP contribution in [0.5, 0.6) is 0 Å². The first-order valence-electron chi connectivity index (χ1n) is 6.44. The van der Waals surface area contributed by atoms with Crippen molar-refractivity contribution in [2.45, 2.75) is 13.1 Å². The molecule has 1 aliphatic heterocycles. The molecular weight excluding hydrogens is 267 g/mol. The molecule has 1 aliphatic rings. The van der Waals surface area contributed by atoms with E-state index in [0.29, 0.717) is 31.7 Å². The van der Waals surface area contributed by atoms with Crippen molar-refractivity contribution in [3.8, 4) is 6.07 Å². The second-order valence-corrected chi connectivity index (χ2v) is 4.99. The van der Waals surface area contributed by atoms with Crippen LogP contribution in [0, 0.1) is 18.3 Å². The van der Waals surface area contributed by atoms with E-state index in [1.807, 2.05) is 13.0 Å². The molecule has 2 rings (SSSR count). The van der Waals surface area contributed by atoms with E-state index < -0.39 is 12.7 Å². The minimum absolute atomic E-state index is 0.402. The zero-order valence-electron chi connectivity index (χ0n) is 11.2. The minimum atomic E-state index is -4.13. The second-order valence-electron chi connectivity index (χ2n) is 4.99. The highest BCUT2D eigenvalue weighted by Gasteiger charge is 2.32. The molecule has 0 amide bonds. The Balaban J connectivity index is 1.99. The van der Waals surface area contributed by atoms with Gasteiger partial charge in [-0.1, -0.05) is 0 Å². The van der Waals surface area contributed by atoms with Crippen LogP contribution in [0.4, 0.5) is 18.9 Å². The van der Waals surface area contributed by atoms with Crippen LogP contribution >= 0.6 is 0 Å². The molecule has 0 unspecified atom stereocenters. The third-order valence-electron chi connectivity index (χ3n) is 3.44. The number of nitrogens with zero attached hydrogens (tertiary/aromatic N) is 3. The molecule has 6 heteroatoms. The van der Waals surface area contributed by atoms with Crippen molar-refractivity contribution >= 4 is 5.69 Å². The molecule has 0 aromatic heterocycles. The number of hydrogen-bond acceptors (Lipinski definition) is 3. The number of benzene rings is 1. The summed E-state index contributed by atoms with van der Waals surface area (Å²) >= 11 is 0. The predicted molar refractivity (Wildman–Crippen MR) is 70.6 cm³/mol. The Labute approximate surface area is 116 Å². The highest BCUT2D eigenvalue weighted by molar-refractivity contribution is 5.56. The van der Waals surface area contributed by atoms with Crippen molar-refractivity contribution in [3.05, 3.63) is 29.3 Å². The number of piperazine rings is 1. The molecule has 0 radical (unpaired) electrons. The largest absolute Gasteiger partial charge is 0.401 e. The average Bonchev–Trinajstić information content (AvgIpc) is 2.38. The zero-order chi connectivity index (χ0) is 14.8. The maximum absolute atomic E-state index is 12.3. The van der Waals surface area contributed by atoms with Crippen LogP contribution in [0.3, 0.4) is 0 Å². The molecule has 1 fully saturated rings. The van der Waals surface area contributed by atoms with Crippen LogP contribution in [0.1, 0.15) is 11.1 Å². The van der Waals surface area contributed by atoms with Crippen LogP contribution in [0.25, 0.3) is 0 Å². The van der Waals surface area contributed by atoms with E-state index in [4.69, 9.17) is 5.26 Å². The average molecular weight is 283 g/mol. The molecule has 1 aromatic rings. The Morgan fingerprint density at radius 1 is 1.20 bits per heavy atom. The third kappa shape index (κ3) is 3.64. The van der Waals surface area contributed by atoms with E-state index in [-0.39, 0.29) is 0 Å². The van der Waals surface area contributed by atoms with E-state index >= 15 is 0 Å². The minimum Gasteiger partial charge on any atom is -0.369 e. The number of alkyl halides is 3. The first kappa shape index (κ1) is 14.7. The molecule has 108 valence electrons. The van der Waals surface area contributed by atoms with Gasteiger partial charge < -0.3 is 4.90 Å². The standard InChI is InChI=1S/C14H16F3N3/c1-11-8-12(9-18)2-3-13(11)20-6-4-19(5-7-20)10-14(15,16)17/h2-3,8H,4-7,10H2,1H3. The van der Waals surface area contributed by atoms with Crippen LogP contribution in [-0.4, -0.2) is 43.8 Å². The number of nitriles is 1. The summed E-state index contributed by atoms with van der Waals surface area (Å²) in [7, 11) is 0. The fourth-order valence-electron chi connectivity index (χ4n) is 2.48. The summed E-state index contributed by atoms with van der Waals surface area (Å²) in [6.07, 6.45) is -4.13. The third-order valence-corrected chi connectivity index (χ3v) is 3.44. The number of halogens is 3. The summed E-state index contributed by atoms with van der Waals surface area (Å²) < 4.78 is 37.0. The Bertz CT molecular complexity index is 511. The van der Waals surface area contributed by atoms with E-state index in [9.17, 15) is 13.2 Å². The second kappa shape index (κ2) is 5.71. The van der Waals surface area contributed by atoms with E-state index in [2.05, 4.69) is 11.0 Å². The number of hydrogen-bond donors (Lipinski definition) is 0. The molecular formula is C14H16F3N3. The topological polar surface area (TPSA) is 30.3 Å². The number of aryl methyl sites for hydroxylation is 1. The number of rotatable bonds is 2. The van der Waals surface area contributed by atoms with Crippen molar-refractivity contribution in [2.75, 3.05) is 37.6 Å². The zero-order valence-corrected chi connectivity index (χ0v) is 11.2. The van der Waals surface area contributed by atoms with Crippen molar-refractivity contribution in [3.63, 3.8) is 0 Å². The number of anilines is 1. The monoisotopic (exact) mass is 283 g/mol. The lowest BCUT2D eigenvalue weighted by Crippen LogP contribution is -2.49. The summed E-state index contributed by atoms with van der Waals surface area (Å²) in [5, 5.41) is 8.83. The first-order valence-corrected chi connectivity index (χ1v) is 6.44. The molecule has 0 N–H and O–H groups in total. The quantitative estimate of drug-likeness (QED) is 0.835. The van der Waals surface area contributed by atoms with Crippen molar-refractivity contribution in [1.29, 1.82) is 5.26 Å². The maximum atomic E-state index is 12.3.